The third kappa shape index (κ3) is 17.3. The number of phosphoric acid groups is 1. The second kappa shape index (κ2) is 11.1. The van der Waals surface area contributed by atoms with E-state index in [2.05, 4.69) is 11.4 Å². The first-order valence-electron chi connectivity index (χ1n) is 5.26. The van der Waals surface area contributed by atoms with Crippen molar-refractivity contribution in [3.05, 3.63) is 0 Å². The molecule has 4 nitrogen and oxygen atoms in total. The van der Waals surface area contributed by atoms with Crippen LogP contribution >= 0.6 is 7.82 Å². The van der Waals surface area contributed by atoms with Crippen LogP contribution in [0, 0.1) is 0 Å². The van der Waals surface area contributed by atoms with Crippen LogP contribution in [0.5, 0.6) is 0 Å². The zero-order chi connectivity index (χ0) is 10.9. The van der Waals surface area contributed by atoms with E-state index in [-0.39, 0.29) is 24.0 Å². The summed E-state index contributed by atoms with van der Waals surface area (Å²) in [5, 5.41) is 0. The fraction of sp³-hybridized carbons (Fsp3) is 1.00. The molecule has 0 bridgehead atoms. The molecule has 15 heavy (non-hydrogen) atoms. The van der Waals surface area contributed by atoms with Gasteiger partial charge in [0, 0.05) is 0 Å². The number of hydrogen-bond donors (Lipinski definition) is 2. The van der Waals surface area contributed by atoms with Gasteiger partial charge < -0.3 is 9.79 Å². The minimum atomic E-state index is -4.23. The summed E-state index contributed by atoms with van der Waals surface area (Å²) in [7, 11) is -4.23. The van der Waals surface area contributed by atoms with E-state index in [9.17, 15) is 4.57 Å². The van der Waals surface area contributed by atoms with Crippen molar-refractivity contribution in [3.63, 3.8) is 0 Å². The van der Waals surface area contributed by atoms with Gasteiger partial charge in [0.05, 0.1) is 6.61 Å². The quantitative estimate of drug-likeness (QED) is 0.373. The molecule has 0 saturated heterocycles. The molecule has 0 radical (unpaired) electrons. The molecule has 0 aromatic carbocycles. The van der Waals surface area contributed by atoms with E-state index in [4.69, 9.17) is 9.79 Å². The number of phosphoric ester groups is 1. The first kappa shape index (κ1) is 18.0. The SMILES string of the molecule is CCCCCCCCCOP(=O)(O)O.[AlH3]. The lowest BCUT2D eigenvalue weighted by Crippen LogP contribution is -1.92. The monoisotopic (exact) mass is 254 g/mol. The molecule has 0 aliphatic heterocycles. The lowest BCUT2D eigenvalue weighted by atomic mass is 10.1. The fourth-order valence-electron chi connectivity index (χ4n) is 1.24. The number of unbranched alkanes of at least 4 members (excludes halogenated alkanes) is 6. The van der Waals surface area contributed by atoms with Crippen LogP contribution in [-0.4, -0.2) is 33.8 Å². The highest BCUT2D eigenvalue weighted by atomic mass is 31.2. The molecular weight excluding hydrogens is 230 g/mol. The Labute approximate surface area is 103 Å². The van der Waals surface area contributed by atoms with E-state index in [0.717, 1.165) is 19.3 Å². The molecule has 0 fully saturated rings. The van der Waals surface area contributed by atoms with Gasteiger partial charge in [0.15, 0.2) is 17.4 Å². The topological polar surface area (TPSA) is 66.8 Å². The van der Waals surface area contributed by atoms with Crippen molar-refractivity contribution in [3.8, 4) is 0 Å². The Balaban J connectivity index is 0. The summed E-state index contributed by atoms with van der Waals surface area (Å²) in [5.41, 5.74) is 0. The van der Waals surface area contributed by atoms with Crippen molar-refractivity contribution >= 4 is 25.2 Å². The van der Waals surface area contributed by atoms with Crippen LogP contribution in [0.1, 0.15) is 51.9 Å². The molecule has 6 heteroatoms. The van der Waals surface area contributed by atoms with Crippen LogP contribution in [0.25, 0.3) is 0 Å². The maximum absolute atomic E-state index is 10.3. The summed E-state index contributed by atoms with van der Waals surface area (Å²) in [6.07, 6.45) is 7.84. The number of hydrogen-bond acceptors (Lipinski definition) is 2. The van der Waals surface area contributed by atoms with Crippen molar-refractivity contribution < 1.29 is 18.9 Å². The van der Waals surface area contributed by atoms with E-state index in [0.29, 0.717) is 0 Å². The highest BCUT2D eigenvalue weighted by Crippen LogP contribution is 2.35. The van der Waals surface area contributed by atoms with Gasteiger partial charge in [0.25, 0.3) is 0 Å². The van der Waals surface area contributed by atoms with E-state index in [1.165, 1.54) is 25.7 Å². The minimum Gasteiger partial charge on any atom is -0.303 e. The zero-order valence-corrected chi connectivity index (χ0v) is 9.71. The van der Waals surface area contributed by atoms with Gasteiger partial charge in [-0.1, -0.05) is 45.4 Å². The standard InChI is InChI=1S/C9H21O4P.Al.3H/c1-2-3-4-5-6-7-8-9-13-14(10,11)12;;;;/h2-9H2,1H3,(H2,10,11,12);;;;. The lowest BCUT2D eigenvalue weighted by molar-refractivity contribution is 0.193. The molecule has 0 unspecified atom stereocenters. The van der Waals surface area contributed by atoms with Gasteiger partial charge in [0.1, 0.15) is 0 Å². The molecular formula is C9H24AlO4P. The molecule has 0 spiro atoms. The third-order valence-corrected chi connectivity index (χ3v) is 2.53. The van der Waals surface area contributed by atoms with E-state index >= 15 is 0 Å². The summed E-state index contributed by atoms with van der Waals surface area (Å²) in [6, 6.07) is 0. The molecule has 0 aliphatic rings. The van der Waals surface area contributed by atoms with Gasteiger partial charge in [0.2, 0.25) is 0 Å². The van der Waals surface area contributed by atoms with Crippen molar-refractivity contribution in [2.75, 3.05) is 6.61 Å². The summed E-state index contributed by atoms with van der Waals surface area (Å²) < 4.78 is 14.6. The first-order chi connectivity index (χ1) is 6.56. The summed E-state index contributed by atoms with van der Waals surface area (Å²) >= 11 is 0. The predicted molar refractivity (Wildman–Crippen MR) is 65.9 cm³/mol. The van der Waals surface area contributed by atoms with E-state index in [1.807, 2.05) is 0 Å². The molecule has 0 aromatic heterocycles. The largest absolute Gasteiger partial charge is 0.469 e. The molecule has 0 saturated carbocycles. The number of rotatable bonds is 9. The Morgan fingerprint density at radius 2 is 1.47 bits per heavy atom. The maximum Gasteiger partial charge on any atom is 0.469 e. The first-order valence-corrected chi connectivity index (χ1v) is 6.79. The minimum absolute atomic E-state index is 0. The molecule has 0 heterocycles. The van der Waals surface area contributed by atoms with Crippen LogP contribution in [0.2, 0.25) is 0 Å². The van der Waals surface area contributed by atoms with Crippen molar-refractivity contribution in [2.45, 2.75) is 51.9 Å². The molecule has 0 aliphatic carbocycles. The van der Waals surface area contributed by atoms with Crippen molar-refractivity contribution in [1.29, 1.82) is 0 Å². The molecule has 0 atom stereocenters. The molecule has 0 rings (SSSR count). The van der Waals surface area contributed by atoms with Gasteiger partial charge in [-0.15, -0.1) is 0 Å². The average molecular weight is 254 g/mol. The van der Waals surface area contributed by atoms with E-state index < -0.39 is 7.82 Å². The van der Waals surface area contributed by atoms with Gasteiger partial charge in [-0.3, -0.25) is 4.52 Å². The molecule has 0 aromatic rings. The second-order valence-electron chi connectivity index (χ2n) is 3.45. The Kier molecular flexibility index (Phi) is 13.4. The Morgan fingerprint density at radius 1 is 1.00 bits per heavy atom. The van der Waals surface area contributed by atoms with Gasteiger partial charge in [-0.05, 0) is 6.42 Å². The van der Waals surface area contributed by atoms with Gasteiger partial charge in [-0.2, -0.15) is 0 Å². The van der Waals surface area contributed by atoms with Crippen LogP contribution in [0.4, 0.5) is 0 Å². The van der Waals surface area contributed by atoms with Crippen molar-refractivity contribution in [1.82, 2.24) is 0 Å². The van der Waals surface area contributed by atoms with Crippen LogP contribution in [0.15, 0.2) is 0 Å². The maximum atomic E-state index is 10.3. The van der Waals surface area contributed by atoms with E-state index in [1.54, 1.807) is 0 Å². The lowest BCUT2D eigenvalue weighted by Gasteiger charge is -2.04. The van der Waals surface area contributed by atoms with Gasteiger partial charge in [-0.25, -0.2) is 4.57 Å². The fourth-order valence-corrected chi connectivity index (χ4v) is 1.61. The zero-order valence-electron chi connectivity index (χ0n) is 8.81. The molecule has 92 valence electrons. The second-order valence-corrected chi connectivity index (χ2v) is 4.68. The van der Waals surface area contributed by atoms with Crippen molar-refractivity contribution in [2.24, 2.45) is 0 Å². The van der Waals surface area contributed by atoms with Crippen LogP contribution in [0.3, 0.4) is 0 Å². The summed E-state index contributed by atoms with van der Waals surface area (Å²) in [4.78, 5) is 16.8. The molecule has 2 N–H and O–H groups in total. The summed E-state index contributed by atoms with van der Waals surface area (Å²) in [6.45, 7) is 2.34. The van der Waals surface area contributed by atoms with Gasteiger partial charge >= 0.3 is 7.82 Å². The highest BCUT2D eigenvalue weighted by Gasteiger charge is 2.12. The Hall–Kier alpha value is 0.642. The Bertz CT molecular complexity index is 171. The van der Waals surface area contributed by atoms with Crippen LogP contribution < -0.4 is 0 Å². The molecule has 0 amide bonds. The van der Waals surface area contributed by atoms with Crippen LogP contribution in [-0.2, 0) is 9.09 Å². The smallest absolute Gasteiger partial charge is 0.303 e. The normalized spacial score (nSPS) is 11.1. The third-order valence-electron chi connectivity index (χ3n) is 2.01. The highest BCUT2D eigenvalue weighted by molar-refractivity contribution is 7.46. The summed E-state index contributed by atoms with van der Waals surface area (Å²) in [5.74, 6) is 0. The predicted octanol–water partition coefficient (Wildman–Crippen LogP) is 1.66. The average Bonchev–Trinajstić information content (AvgIpc) is 2.08. The Morgan fingerprint density at radius 3 is 1.93 bits per heavy atom.